The average Bonchev–Trinajstić information content (AvgIpc) is 3.00. The molecule has 0 aliphatic carbocycles. The molecule has 1 aliphatic heterocycles. The van der Waals surface area contributed by atoms with E-state index in [0.29, 0.717) is 24.3 Å². The number of carbonyl (C=O) groups is 1. The minimum Gasteiger partial charge on any atom is -0.312 e. The maximum Gasteiger partial charge on any atom is 0.255 e. The first-order valence-electron chi connectivity index (χ1n) is 7.70. The summed E-state index contributed by atoms with van der Waals surface area (Å²) in [6, 6.07) is 16.1. The molecular formula is C18H18N2O3S. The van der Waals surface area contributed by atoms with Crippen LogP contribution in [0.3, 0.4) is 0 Å². The second-order valence-electron chi connectivity index (χ2n) is 5.56. The molecule has 0 saturated carbocycles. The molecule has 0 aromatic heterocycles. The third kappa shape index (κ3) is 4.02. The molecule has 1 aliphatic rings. The summed E-state index contributed by atoms with van der Waals surface area (Å²) in [5, 5.41) is 1.13. The van der Waals surface area contributed by atoms with E-state index < -0.39 is 10.0 Å². The van der Waals surface area contributed by atoms with E-state index in [1.54, 1.807) is 29.2 Å². The molecule has 1 fully saturated rings. The van der Waals surface area contributed by atoms with Crippen LogP contribution in [0.5, 0.6) is 0 Å². The Balaban J connectivity index is 1.75. The summed E-state index contributed by atoms with van der Waals surface area (Å²) in [6.07, 6.45) is 2.90. The van der Waals surface area contributed by atoms with Gasteiger partial charge < -0.3 is 4.90 Å². The van der Waals surface area contributed by atoms with E-state index in [1.165, 1.54) is 6.08 Å². The predicted octanol–water partition coefficient (Wildman–Crippen LogP) is 3.23. The Bertz CT molecular complexity index is 861. The SMILES string of the molecule is O=C1CCCN1c1cccc(NS(=O)(=O)/C=C/c2ccccc2)c1. The summed E-state index contributed by atoms with van der Waals surface area (Å²) in [6.45, 7) is 0.670. The zero-order valence-corrected chi connectivity index (χ0v) is 13.9. The van der Waals surface area contributed by atoms with Crippen LogP contribution >= 0.6 is 0 Å². The van der Waals surface area contributed by atoms with Gasteiger partial charge in [0, 0.05) is 18.7 Å². The van der Waals surface area contributed by atoms with Gasteiger partial charge in [0.2, 0.25) is 5.91 Å². The second-order valence-corrected chi connectivity index (χ2v) is 7.13. The van der Waals surface area contributed by atoms with Gasteiger partial charge in [0.25, 0.3) is 10.0 Å². The molecule has 0 unspecified atom stereocenters. The number of nitrogens with zero attached hydrogens (tertiary/aromatic N) is 1. The highest BCUT2D eigenvalue weighted by Gasteiger charge is 2.21. The molecule has 5 nitrogen and oxygen atoms in total. The van der Waals surface area contributed by atoms with Crippen LogP contribution in [0.15, 0.2) is 60.0 Å². The minimum absolute atomic E-state index is 0.0685. The van der Waals surface area contributed by atoms with E-state index in [-0.39, 0.29) is 5.91 Å². The number of benzene rings is 2. The number of amides is 1. The van der Waals surface area contributed by atoms with E-state index >= 15 is 0 Å². The van der Waals surface area contributed by atoms with E-state index in [0.717, 1.165) is 17.4 Å². The molecule has 0 atom stereocenters. The smallest absolute Gasteiger partial charge is 0.255 e. The highest BCUT2D eigenvalue weighted by molar-refractivity contribution is 7.95. The summed E-state index contributed by atoms with van der Waals surface area (Å²) in [5.41, 5.74) is 1.95. The van der Waals surface area contributed by atoms with Gasteiger partial charge in [-0.3, -0.25) is 9.52 Å². The lowest BCUT2D eigenvalue weighted by atomic mass is 10.2. The van der Waals surface area contributed by atoms with Crippen LogP contribution in [0.25, 0.3) is 6.08 Å². The van der Waals surface area contributed by atoms with Crippen molar-refractivity contribution in [2.75, 3.05) is 16.2 Å². The molecule has 1 amide bonds. The van der Waals surface area contributed by atoms with Gasteiger partial charge in [0.05, 0.1) is 11.1 Å². The van der Waals surface area contributed by atoms with Crippen molar-refractivity contribution in [1.29, 1.82) is 0 Å². The van der Waals surface area contributed by atoms with Crippen molar-refractivity contribution >= 4 is 33.4 Å². The normalized spacial score (nSPS) is 15.2. The highest BCUT2D eigenvalue weighted by atomic mass is 32.2. The van der Waals surface area contributed by atoms with Crippen molar-refractivity contribution in [2.45, 2.75) is 12.8 Å². The Morgan fingerprint density at radius 2 is 1.83 bits per heavy atom. The average molecular weight is 342 g/mol. The molecule has 6 heteroatoms. The standard InChI is InChI=1S/C18H18N2O3S/c21-18-10-5-12-20(18)17-9-4-8-16(14-17)19-24(22,23)13-11-15-6-2-1-3-7-15/h1-4,6-9,11,13-14,19H,5,10,12H2/b13-11+. The highest BCUT2D eigenvalue weighted by Crippen LogP contribution is 2.24. The molecule has 24 heavy (non-hydrogen) atoms. The van der Waals surface area contributed by atoms with Gasteiger partial charge in [-0.2, -0.15) is 0 Å². The lowest BCUT2D eigenvalue weighted by molar-refractivity contribution is -0.117. The number of hydrogen-bond donors (Lipinski definition) is 1. The van der Waals surface area contributed by atoms with Gasteiger partial charge in [0.1, 0.15) is 0 Å². The molecule has 1 N–H and O–H groups in total. The lowest BCUT2D eigenvalue weighted by Crippen LogP contribution is -2.23. The zero-order chi connectivity index (χ0) is 17.0. The fourth-order valence-electron chi connectivity index (χ4n) is 2.59. The number of carbonyl (C=O) groups excluding carboxylic acids is 1. The maximum atomic E-state index is 12.2. The number of sulfonamides is 1. The van der Waals surface area contributed by atoms with Crippen LogP contribution < -0.4 is 9.62 Å². The molecule has 1 saturated heterocycles. The quantitative estimate of drug-likeness (QED) is 0.907. The summed E-state index contributed by atoms with van der Waals surface area (Å²) in [4.78, 5) is 13.5. The van der Waals surface area contributed by atoms with E-state index in [4.69, 9.17) is 0 Å². The zero-order valence-electron chi connectivity index (χ0n) is 13.1. The van der Waals surface area contributed by atoms with Gasteiger partial charge in [-0.25, -0.2) is 8.42 Å². The predicted molar refractivity (Wildman–Crippen MR) is 96.0 cm³/mol. The van der Waals surface area contributed by atoms with Crippen molar-refractivity contribution in [3.8, 4) is 0 Å². The van der Waals surface area contributed by atoms with E-state index in [9.17, 15) is 13.2 Å². The van der Waals surface area contributed by atoms with Crippen molar-refractivity contribution in [3.05, 3.63) is 65.6 Å². The fourth-order valence-corrected chi connectivity index (χ4v) is 3.45. The third-order valence-corrected chi connectivity index (χ3v) is 4.75. The van der Waals surface area contributed by atoms with Crippen LogP contribution in [-0.2, 0) is 14.8 Å². The lowest BCUT2D eigenvalue weighted by Gasteiger charge is -2.16. The Kier molecular flexibility index (Phi) is 4.66. The first-order chi connectivity index (χ1) is 11.5. The molecule has 0 bridgehead atoms. The van der Waals surface area contributed by atoms with Crippen molar-refractivity contribution < 1.29 is 13.2 Å². The fraction of sp³-hybridized carbons (Fsp3) is 0.167. The summed E-state index contributed by atoms with van der Waals surface area (Å²) in [5.74, 6) is 0.0685. The largest absolute Gasteiger partial charge is 0.312 e. The molecule has 124 valence electrons. The van der Waals surface area contributed by atoms with Crippen molar-refractivity contribution in [2.24, 2.45) is 0 Å². The van der Waals surface area contributed by atoms with Crippen LogP contribution in [0.4, 0.5) is 11.4 Å². The van der Waals surface area contributed by atoms with Gasteiger partial charge in [-0.05, 0) is 36.3 Å². The third-order valence-electron chi connectivity index (χ3n) is 3.73. The van der Waals surface area contributed by atoms with Crippen LogP contribution in [0, 0.1) is 0 Å². The van der Waals surface area contributed by atoms with E-state index in [2.05, 4.69) is 4.72 Å². The summed E-state index contributed by atoms with van der Waals surface area (Å²) < 4.78 is 26.9. The van der Waals surface area contributed by atoms with Gasteiger partial charge >= 0.3 is 0 Å². The van der Waals surface area contributed by atoms with Crippen LogP contribution in [0.1, 0.15) is 18.4 Å². The topological polar surface area (TPSA) is 66.5 Å². The molecular weight excluding hydrogens is 324 g/mol. The Labute approximate surface area is 141 Å². The molecule has 1 heterocycles. The number of anilines is 2. The summed E-state index contributed by atoms with van der Waals surface area (Å²) in [7, 11) is -3.62. The van der Waals surface area contributed by atoms with Gasteiger partial charge in [-0.1, -0.05) is 36.4 Å². The Morgan fingerprint density at radius 1 is 1.04 bits per heavy atom. The Morgan fingerprint density at radius 3 is 2.54 bits per heavy atom. The number of nitrogens with one attached hydrogen (secondary N) is 1. The number of hydrogen-bond acceptors (Lipinski definition) is 3. The van der Waals surface area contributed by atoms with Crippen LogP contribution in [0.2, 0.25) is 0 Å². The van der Waals surface area contributed by atoms with Gasteiger partial charge in [0.15, 0.2) is 0 Å². The van der Waals surface area contributed by atoms with Crippen molar-refractivity contribution in [3.63, 3.8) is 0 Å². The maximum absolute atomic E-state index is 12.2. The van der Waals surface area contributed by atoms with Gasteiger partial charge in [-0.15, -0.1) is 0 Å². The minimum atomic E-state index is -3.62. The molecule has 0 radical (unpaired) electrons. The van der Waals surface area contributed by atoms with Crippen molar-refractivity contribution in [1.82, 2.24) is 0 Å². The molecule has 0 spiro atoms. The Hall–Kier alpha value is -2.60. The van der Waals surface area contributed by atoms with Crippen LogP contribution in [-0.4, -0.2) is 20.9 Å². The second kappa shape index (κ2) is 6.88. The number of rotatable bonds is 5. The first kappa shape index (κ1) is 16.3. The molecule has 3 rings (SSSR count). The van der Waals surface area contributed by atoms with E-state index in [1.807, 2.05) is 30.3 Å². The summed E-state index contributed by atoms with van der Waals surface area (Å²) >= 11 is 0. The molecule has 2 aromatic carbocycles. The first-order valence-corrected chi connectivity index (χ1v) is 9.24. The molecule has 2 aromatic rings. The monoisotopic (exact) mass is 342 g/mol.